The van der Waals surface area contributed by atoms with Crippen molar-refractivity contribution in [3.8, 4) is 0 Å². The third-order valence-corrected chi connectivity index (χ3v) is 6.19. The number of carbonyl (C=O) groups is 1. The van der Waals surface area contributed by atoms with Gasteiger partial charge in [-0.3, -0.25) is 4.79 Å². The Morgan fingerprint density at radius 3 is 2.57 bits per heavy atom. The number of carbonyl (C=O) groups excluding carboxylic acids is 1. The van der Waals surface area contributed by atoms with Crippen LogP contribution < -0.4 is 9.80 Å². The van der Waals surface area contributed by atoms with E-state index in [0.29, 0.717) is 6.42 Å². The Morgan fingerprint density at radius 1 is 1.00 bits per heavy atom. The molecule has 1 amide bonds. The van der Waals surface area contributed by atoms with Crippen molar-refractivity contribution in [3.05, 3.63) is 47.8 Å². The second kappa shape index (κ2) is 7.97. The smallest absolute Gasteiger partial charge is 0.227 e. The molecule has 1 N–H and O–H groups in total. The number of hydrogen-bond donors (Lipinski definition) is 1. The van der Waals surface area contributed by atoms with Gasteiger partial charge in [-0.2, -0.15) is 4.98 Å². The molecule has 2 fully saturated rings. The van der Waals surface area contributed by atoms with Crippen molar-refractivity contribution in [2.24, 2.45) is 0 Å². The zero-order valence-electron chi connectivity index (χ0n) is 17.5. The number of rotatable bonds is 4. The van der Waals surface area contributed by atoms with Gasteiger partial charge in [-0.05, 0) is 31.4 Å². The maximum Gasteiger partial charge on any atom is 0.227 e. The molecule has 0 spiro atoms. The standard InChI is InChI=1S/C23H28N6O/c1-17-14-21(26-23(25-17)29-8-4-5-9-29)27-10-12-28(13-11-27)22(30)15-18-16-24-20-7-3-2-6-19(18)20/h2-3,6-7,14,16,24H,4-5,8-13,15H2,1H3. The van der Waals surface area contributed by atoms with E-state index >= 15 is 0 Å². The molecule has 30 heavy (non-hydrogen) atoms. The van der Waals surface area contributed by atoms with Crippen LogP contribution in [0.4, 0.5) is 11.8 Å². The molecule has 2 aliphatic rings. The van der Waals surface area contributed by atoms with Crippen molar-refractivity contribution in [3.63, 3.8) is 0 Å². The number of aromatic amines is 1. The second-order valence-corrected chi connectivity index (χ2v) is 8.27. The van der Waals surface area contributed by atoms with Crippen LogP contribution in [-0.4, -0.2) is 65.0 Å². The summed E-state index contributed by atoms with van der Waals surface area (Å²) in [6.07, 6.45) is 4.83. The van der Waals surface area contributed by atoms with E-state index in [2.05, 4.69) is 31.9 Å². The number of benzene rings is 1. The summed E-state index contributed by atoms with van der Waals surface area (Å²) in [6.45, 7) is 7.17. The van der Waals surface area contributed by atoms with Gasteiger partial charge in [0, 0.05) is 68.1 Å². The van der Waals surface area contributed by atoms with E-state index < -0.39 is 0 Å². The number of nitrogens with zero attached hydrogens (tertiary/aromatic N) is 5. The van der Waals surface area contributed by atoms with Gasteiger partial charge in [0.05, 0.1) is 6.42 Å². The molecule has 2 aromatic heterocycles. The number of anilines is 2. The first kappa shape index (κ1) is 18.9. The van der Waals surface area contributed by atoms with E-state index in [-0.39, 0.29) is 5.91 Å². The average molecular weight is 405 g/mol. The van der Waals surface area contributed by atoms with Gasteiger partial charge in [-0.15, -0.1) is 0 Å². The maximum absolute atomic E-state index is 12.9. The Labute approximate surface area is 176 Å². The highest BCUT2D eigenvalue weighted by Crippen LogP contribution is 2.23. The summed E-state index contributed by atoms with van der Waals surface area (Å²) in [5, 5.41) is 1.13. The Morgan fingerprint density at radius 2 is 1.77 bits per heavy atom. The number of para-hydroxylation sites is 1. The fourth-order valence-corrected chi connectivity index (χ4v) is 4.49. The van der Waals surface area contributed by atoms with Crippen LogP contribution >= 0.6 is 0 Å². The Kier molecular flexibility index (Phi) is 5.02. The zero-order valence-corrected chi connectivity index (χ0v) is 17.5. The molecular formula is C23H28N6O. The minimum absolute atomic E-state index is 0.191. The zero-order chi connectivity index (χ0) is 20.5. The molecule has 0 bridgehead atoms. The van der Waals surface area contributed by atoms with E-state index in [0.717, 1.165) is 73.2 Å². The first-order valence-corrected chi connectivity index (χ1v) is 10.9. The summed E-state index contributed by atoms with van der Waals surface area (Å²) in [6, 6.07) is 10.2. The quantitative estimate of drug-likeness (QED) is 0.724. The monoisotopic (exact) mass is 404 g/mol. The van der Waals surface area contributed by atoms with E-state index in [1.165, 1.54) is 12.8 Å². The van der Waals surface area contributed by atoms with Crippen molar-refractivity contribution in [1.29, 1.82) is 0 Å². The van der Waals surface area contributed by atoms with Crippen molar-refractivity contribution in [2.45, 2.75) is 26.2 Å². The van der Waals surface area contributed by atoms with Crippen molar-refractivity contribution >= 4 is 28.6 Å². The van der Waals surface area contributed by atoms with Gasteiger partial charge in [0.2, 0.25) is 11.9 Å². The number of hydrogen-bond acceptors (Lipinski definition) is 5. The van der Waals surface area contributed by atoms with Gasteiger partial charge < -0.3 is 19.7 Å². The highest BCUT2D eigenvalue weighted by molar-refractivity contribution is 5.89. The SMILES string of the molecule is Cc1cc(N2CCN(C(=O)Cc3c[nH]c4ccccc34)CC2)nc(N2CCCC2)n1. The summed E-state index contributed by atoms with van der Waals surface area (Å²) >= 11 is 0. The van der Waals surface area contributed by atoms with E-state index in [9.17, 15) is 4.79 Å². The second-order valence-electron chi connectivity index (χ2n) is 8.27. The number of fused-ring (bicyclic) bond motifs is 1. The Hall–Kier alpha value is -3.09. The summed E-state index contributed by atoms with van der Waals surface area (Å²) < 4.78 is 0. The first-order valence-electron chi connectivity index (χ1n) is 10.9. The van der Waals surface area contributed by atoms with Gasteiger partial charge in [0.25, 0.3) is 0 Å². The molecule has 156 valence electrons. The van der Waals surface area contributed by atoms with Gasteiger partial charge >= 0.3 is 0 Å². The van der Waals surface area contributed by atoms with Crippen LogP contribution in [0, 0.1) is 6.92 Å². The maximum atomic E-state index is 12.9. The van der Waals surface area contributed by atoms with Gasteiger partial charge in [0.1, 0.15) is 5.82 Å². The number of aryl methyl sites for hydroxylation is 1. The molecule has 4 heterocycles. The van der Waals surface area contributed by atoms with Gasteiger partial charge in [-0.1, -0.05) is 18.2 Å². The summed E-state index contributed by atoms with van der Waals surface area (Å²) in [7, 11) is 0. The lowest BCUT2D eigenvalue weighted by Gasteiger charge is -2.35. The molecule has 2 aliphatic heterocycles. The van der Waals surface area contributed by atoms with Gasteiger partial charge in [0.15, 0.2) is 0 Å². The van der Waals surface area contributed by atoms with Crippen LogP contribution in [-0.2, 0) is 11.2 Å². The highest BCUT2D eigenvalue weighted by Gasteiger charge is 2.24. The van der Waals surface area contributed by atoms with Crippen LogP contribution in [0.15, 0.2) is 36.5 Å². The molecule has 2 saturated heterocycles. The third kappa shape index (κ3) is 3.72. The molecule has 0 saturated carbocycles. The third-order valence-electron chi connectivity index (χ3n) is 6.19. The molecule has 7 heteroatoms. The topological polar surface area (TPSA) is 68.4 Å². The van der Waals surface area contributed by atoms with Crippen molar-refractivity contribution in [1.82, 2.24) is 19.9 Å². The fraction of sp³-hybridized carbons (Fsp3) is 0.435. The number of aromatic nitrogens is 3. The molecule has 3 aromatic rings. The van der Waals surface area contributed by atoms with Crippen molar-refractivity contribution in [2.75, 3.05) is 49.1 Å². The predicted molar refractivity (Wildman–Crippen MR) is 119 cm³/mol. The average Bonchev–Trinajstić information content (AvgIpc) is 3.44. The summed E-state index contributed by atoms with van der Waals surface area (Å²) in [5.41, 5.74) is 3.15. The molecule has 0 aliphatic carbocycles. The molecular weight excluding hydrogens is 376 g/mol. The van der Waals surface area contributed by atoms with Crippen LogP contribution in [0.1, 0.15) is 24.1 Å². The molecule has 5 rings (SSSR count). The van der Waals surface area contributed by atoms with E-state index in [1.54, 1.807) is 0 Å². The van der Waals surface area contributed by atoms with E-state index in [1.807, 2.05) is 36.2 Å². The Bertz CT molecular complexity index is 1050. The molecule has 0 atom stereocenters. The lowest BCUT2D eigenvalue weighted by Crippen LogP contribution is -2.49. The summed E-state index contributed by atoms with van der Waals surface area (Å²) in [5.74, 6) is 2.02. The largest absolute Gasteiger partial charge is 0.361 e. The van der Waals surface area contributed by atoms with Gasteiger partial charge in [-0.25, -0.2) is 4.98 Å². The minimum atomic E-state index is 0.191. The lowest BCUT2D eigenvalue weighted by atomic mass is 10.1. The molecule has 7 nitrogen and oxygen atoms in total. The molecule has 1 aromatic carbocycles. The lowest BCUT2D eigenvalue weighted by molar-refractivity contribution is -0.130. The van der Waals surface area contributed by atoms with E-state index in [4.69, 9.17) is 4.98 Å². The Balaban J connectivity index is 1.23. The highest BCUT2D eigenvalue weighted by atomic mass is 16.2. The van der Waals surface area contributed by atoms with Crippen LogP contribution in [0.5, 0.6) is 0 Å². The van der Waals surface area contributed by atoms with Crippen LogP contribution in [0.3, 0.4) is 0 Å². The van der Waals surface area contributed by atoms with Crippen LogP contribution in [0.25, 0.3) is 10.9 Å². The number of amides is 1. The minimum Gasteiger partial charge on any atom is -0.361 e. The predicted octanol–water partition coefficient (Wildman–Crippen LogP) is 2.76. The number of H-pyrrole nitrogens is 1. The van der Waals surface area contributed by atoms with Crippen molar-refractivity contribution < 1.29 is 4.79 Å². The molecule has 0 radical (unpaired) electrons. The number of nitrogens with one attached hydrogen (secondary N) is 1. The fourth-order valence-electron chi connectivity index (χ4n) is 4.49. The summed E-state index contributed by atoms with van der Waals surface area (Å²) in [4.78, 5) is 32.2. The normalized spacial score (nSPS) is 17.2. The van der Waals surface area contributed by atoms with Crippen LogP contribution in [0.2, 0.25) is 0 Å². The number of piperazine rings is 1. The molecule has 0 unspecified atom stereocenters. The first-order chi connectivity index (χ1) is 14.7.